The molecule has 0 aliphatic heterocycles. The Bertz CT molecular complexity index is 1600. The Hall–Kier alpha value is -5.71. The fourth-order valence-corrected chi connectivity index (χ4v) is 4.16. The number of ether oxygens (including phenoxy) is 2. The minimum absolute atomic E-state index is 0.0148. The maximum atomic E-state index is 13.7. The Balaban J connectivity index is 1.67. The molecule has 1 atom stereocenters. The van der Waals surface area contributed by atoms with E-state index >= 15 is 0 Å². The molecule has 11 nitrogen and oxygen atoms in total. The highest BCUT2D eigenvalue weighted by molar-refractivity contribution is 6.06. The molecule has 0 bridgehead atoms. The summed E-state index contributed by atoms with van der Waals surface area (Å²) in [7, 11) is 0. The van der Waals surface area contributed by atoms with Crippen LogP contribution in [-0.2, 0) is 0 Å². The third-order valence-electron chi connectivity index (χ3n) is 6.00. The third kappa shape index (κ3) is 5.29. The van der Waals surface area contributed by atoms with Crippen molar-refractivity contribution in [2.24, 2.45) is 0 Å². The molecule has 0 fully saturated rings. The Labute approximate surface area is 225 Å². The Morgan fingerprint density at radius 3 is 1.70 bits per heavy atom. The topological polar surface area (TPSA) is 185 Å². The van der Waals surface area contributed by atoms with Gasteiger partial charge >= 0.3 is 23.9 Å². The smallest absolute Gasteiger partial charge is 0.340 e. The first-order valence-corrected chi connectivity index (χ1v) is 11.6. The molecule has 4 rings (SSSR count). The van der Waals surface area contributed by atoms with Gasteiger partial charge in [0.2, 0.25) is 5.78 Å². The Morgan fingerprint density at radius 2 is 1.20 bits per heavy atom. The molecule has 202 valence electrons. The summed E-state index contributed by atoms with van der Waals surface area (Å²) in [6, 6.07) is 12.9. The number of ketones is 1. The lowest BCUT2D eigenvalue weighted by molar-refractivity contribution is 0.0580. The van der Waals surface area contributed by atoms with Crippen molar-refractivity contribution < 1.29 is 53.9 Å². The molecule has 1 unspecified atom stereocenters. The summed E-state index contributed by atoms with van der Waals surface area (Å²) in [4.78, 5) is 60.3. The molecule has 0 aromatic heterocycles. The number of benzene rings is 3. The molecule has 0 saturated carbocycles. The zero-order valence-electron chi connectivity index (χ0n) is 20.4. The number of carbonyl (C=O) groups excluding carboxylic acids is 1. The number of hydrogen-bond acceptors (Lipinski definition) is 7. The summed E-state index contributed by atoms with van der Waals surface area (Å²) in [6.45, 7) is 0. The second kappa shape index (κ2) is 11.0. The van der Waals surface area contributed by atoms with Crippen molar-refractivity contribution in [1.29, 1.82) is 0 Å². The van der Waals surface area contributed by atoms with Crippen molar-refractivity contribution in [2.75, 3.05) is 0 Å². The summed E-state index contributed by atoms with van der Waals surface area (Å²) >= 11 is 0. The minimum Gasteiger partial charge on any atom is -0.478 e. The van der Waals surface area contributed by atoms with Crippen LogP contribution < -0.4 is 9.47 Å². The molecule has 3 aromatic carbocycles. The molecule has 0 heterocycles. The first kappa shape index (κ1) is 27.3. The van der Waals surface area contributed by atoms with Gasteiger partial charge in [-0.3, -0.25) is 4.79 Å². The summed E-state index contributed by atoms with van der Waals surface area (Å²) in [6.07, 6.45) is 6.31. The fourth-order valence-electron chi connectivity index (χ4n) is 4.16. The maximum absolute atomic E-state index is 13.7. The molecular formula is C29H20O11. The van der Waals surface area contributed by atoms with E-state index in [0.29, 0.717) is 0 Å². The lowest BCUT2D eigenvalue weighted by Crippen LogP contribution is -2.43. The van der Waals surface area contributed by atoms with Crippen LogP contribution in [0.1, 0.15) is 58.2 Å². The lowest BCUT2D eigenvalue weighted by atomic mass is 9.86. The monoisotopic (exact) mass is 544 g/mol. The maximum Gasteiger partial charge on any atom is 0.340 e. The lowest BCUT2D eigenvalue weighted by Gasteiger charge is -2.31. The number of allylic oxidation sites excluding steroid dienone is 2. The number of carbonyl (C=O) groups is 5. The Morgan fingerprint density at radius 1 is 0.650 bits per heavy atom. The van der Waals surface area contributed by atoms with E-state index in [-0.39, 0.29) is 29.2 Å². The van der Waals surface area contributed by atoms with Crippen LogP contribution in [0, 0.1) is 0 Å². The highest BCUT2D eigenvalue weighted by Crippen LogP contribution is 2.34. The van der Waals surface area contributed by atoms with Gasteiger partial charge in [-0.25, -0.2) is 19.2 Å². The van der Waals surface area contributed by atoms with Gasteiger partial charge in [0, 0.05) is 12.0 Å². The number of Topliss-reactive ketones (excluding diaryl/α,β-unsaturated/α-hetero) is 1. The molecule has 11 heteroatoms. The standard InChI is InChI=1S/C29H20O11/c30-24(16-10-12-17(13-11-16)39-20-8-4-6-18(25(31)32)22(20)27(35)36)29(14-2-1-3-15-29)40-21-9-5-7-19(26(33)34)23(21)28(37)38/h1-14H,15H2,(H,31,32)(H,33,34)(H,35,36)(H,37,38). The number of hydrogen-bond donors (Lipinski definition) is 4. The molecule has 0 saturated heterocycles. The van der Waals surface area contributed by atoms with E-state index in [1.807, 2.05) is 0 Å². The van der Waals surface area contributed by atoms with E-state index in [0.717, 1.165) is 12.1 Å². The van der Waals surface area contributed by atoms with Crippen molar-refractivity contribution in [1.82, 2.24) is 0 Å². The fraction of sp³-hybridized carbons (Fsp3) is 0.0690. The zero-order valence-corrected chi connectivity index (χ0v) is 20.4. The predicted octanol–water partition coefficient (Wildman–Crippen LogP) is 4.79. The van der Waals surface area contributed by atoms with Crippen molar-refractivity contribution in [3.05, 3.63) is 113 Å². The first-order valence-electron chi connectivity index (χ1n) is 11.6. The van der Waals surface area contributed by atoms with E-state index in [1.54, 1.807) is 18.2 Å². The number of rotatable bonds is 10. The highest BCUT2D eigenvalue weighted by Gasteiger charge is 2.40. The average molecular weight is 544 g/mol. The predicted molar refractivity (Wildman–Crippen MR) is 138 cm³/mol. The molecule has 3 aromatic rings. The van der Waals surface area contributed by atoms with Crippen molar-refractivity contribution in [3.63, 3.8) is 0 Å². The van der Waals surface area contributed by atoms with E-state index < -0.39 is 57.5 Å². The van der Waals surface area contributed by atoms with Crippen molar-refractivity contribution in [2.45, 2.75) is 12.0 Å². The van der Waals surface area contributed by atoms with Gasteiger partial charge < -0.3 is 29.9 Å². The Kier molecular flexibility index (Phi) is 7.48. The molecule has 0 amide bonds. The molecule has 4 N–H and O–H groups in total. The van der Waals surface area contributed by atoms with E-state index in [1.165, 1.54) is 54.6 Å². The average Bonchev–Trinajstić information content (AvgIpc) is 2.93. The molecule has 0 spiro atoms. The number of carboxylic acids is 4. The van der Waals surface area contributed by atoms with Crippen molar-refractivity contribution in [3.8, 4) is 17.2 Å². The molecule has 1 aliphatic rings. The van der Waals surface area contributed by atoms with Gasteiger partial charge in [-0.2, -0.15) is 0 Å². The van der Waals surface area contributed by atoms with Gasteiger partial charge in [-0.1, -0.05) is 30.4 Å². The number of carboxylic acid groups (broad SMARTS) is 4. The molecule has 1 aliphatic carbocycles. The summed E-state index contributed by atoms with van der Waals surface area (Å²) in [5.74, 6) is -6.94. The normalized spacial score (nSPS) is 15.7. The van der Waals surface area contributed by atoms with Crippen LogP contribution in [0.15, 0.2) is 85.0 Å². The van der Waals surface area contributed by atoms with Crippen LogP contribution in [0.3, 0.4) is 0 Å². The minimum atomic E-state index is -1.70. The molecule has 40 heavy (non-hydrogen) atoms. The van der Waals surface area contributed by atoms with Crippen LogP contribution in [0.2, 0.25) is 0 Å². The number of aromatic carboxylic acids is 4. The van der Waals surface area contributed by atoms with Crippen LogP contribution >= 0.6 is 0 Å². The van der Waals surface area contributed by atoms with Gasteiger partial charge in [0.1, 0.15) is 28.4 Å². The van der Waals surface area contributed by atoms with Crippen LogP contribution in [0.5, 0.6) is 17.2 Å². The van der Waals surface area contributed by atoms with E-state index in [9.17, 15) is 44.4 Å². The van der Waals surface area contributed by atoms with Crippen LogP contribution in [0.4, 0.5) is 0 Å². The molecular weight excluding hydrogens is 524 g/mol. The largest absolute Gasteiger partial charge is 0.478 e. The van der Waals surface area contributed by atoms with Crippen molar-refractivity contribution >= 4 is 29.7 Å². The van der Waals surface area contributed by atoms with E-state index in [2.05, 4.69) is 0 Å². The quantitative estimate of drug-likeness (QED) is 0.257. The van der Waals surface area contributed by atoms with Gasteiger partial charge in [0.25, 0.3) is 0 Å². The highest BCUT2D eigenvalue weighted by atomic mass is 16.5. The summed E-state index contributed by atoms with van der Waals surface area (Å²) in [5.41, 5.74) is -3.69. The first-order chi connectivity index (χ1) is 19.0. The summed E-state index contributed by atoms with van der Waals surface area (Å²) in [5, 5.41) is 37.9. The van der Waals surface area contributed by atoms with E-state index in [4.69, 9.17) is 9.47 Å². The zero-order chi connectivity index (χ0) is 29.0. The summed E-state index contributed by atoms with van der Waals surface area (Å²) < 4.78 is 11.6. The molecule has 0 radical (unpaired) electrons. The van der Waals surface area contributed by atoms with Gasteiger partial charge in [0.05, 0.1) is 11.1 Å². The van der Waals surface area contributed by atoms with Crippen LogP contribution in [-0.4, -0.2) is 55.7 Å². The van der Waals surface area contributed by atoms with Gasteiger partial charge in [0.15, 0.2) is 5.60 Å². The van der Waals surface area contributed by atoms with Crippen LogP contribution in [0.25, 0.3) is 0 Å². The second-order valence-electron chi connectivity index (χ2n) is 8.52. The SMILES string of the molecule is O=C(O)c1cccc(Oc2ccc(C(=O)C3(Oc4cccc(C(=O)O)c4C(=O)O)C=CC=CC3)cc2)c1C(=O)O. The third-order valence-corrected chi connectivity index (χ3v) is 6.00. The van der Waals surface area contributed by atoms with Gasteiger partial charge in [-0.05, 0) is 54.6 Å². The second-order valence-corrected chi connectivity index (χ2v) is 8.52. The van der Waals surface area contributed by atoms with Gasteiger partial charge in [-0.15, -0.1) is 0 Å².